The van der Waals surface area contributed by atoms with Gasteiger partial charge in [-0.05, 0) is 152 Å². The quantitative estimate of drug-likeness (QED) is 0.125. The van der Waals surface area contributed by atoms with Gasteiger partial charge >= 0.3 is 0 Å². The molecule has 0 bridgehead atoms. The van der Waals surface area contributed by atoms with Crippen LogP contribution in [0.15, 0.2) is 267 Å². The molecule has 12 aromatic rings. The highest BCUT2D eigenvalue weighted by Crippen LogP contribution is 2.57. The summed E-state index contributed by atoms with van der Waals surface area (Å²) in [5.74, 6) is 0. The molecule has 1 aromatic heterocycles. The molecule has 2 nitrogen and oxygen atoms in total. The van der Waals surface area contributed by atoms with E-state index in [2.05, 4.69) is 290 Å². The van der Waals surface area contributed by atoms with Gasteiger partial charge in [0.15, 0.2) is 0 Å². The molecule has 13 rings (SSSR count). The van der Waals surface area contributed by atoms with Crippen LogP contribution in [0.2, 0.25) is 0 Å². The highest BCUT2D eigenvalue weighted by molar-refractivity contribution is 6.10. The fourth-order valence-corrected chi connectivity index (χ4v) is 11.8. The Balaban J connectivity index is 0.873. The van der Waals surface area contributed by atoms with E-state index in [9.17, 15) is 0 Å². The van der Waals surface area contributed by atoms with E-state index in [4.69, 9.17) is 0 Å². The molecule has 0 atom stereocenters. The third kappa shape index (κ3) is 7.40. The normalized spacial score (nSPS) is 12.5. The summed E-state index contributed by atoms with van der Waals surface area (Å²) in [5.41, 5.74) is 23.9. The van der Waals surface area contributed by atoms with Crippen LogP contribution in [0.4, 0.5) is 17.1 Å². The number of aromatic nitrogens is 1. The molecule has 0 radical (unpaired) electrons. The van der Waals surface area contributed by atoms with E-state index in [1.54, 1.807) is 0 Å². The van der Waals surface area contributed by atoms with Crippen LogP contribution in [0.5, 0.6) is 0 Å². The van der Waals surface area contributed by atoms with Gasteiger partial charge in [-0.15, -0.1) is 0 Å². The van der Waals surface area contributed by atoms with Crippen molar-refractivity contribution in [1.29, 1.82) is 0 Å². The average molecular weight is 935 g/mol. The fourth-order valence-electron chi connectivity index (χ4n) is 11.8. The summed E-state index contributed by atoms with van der Waals surface area (Å²) in [4.78, 5) is 2.45. The van der Waals surface area contributed by atoms with Crippen LogP contribution in [0.1, 0.15) is 47.2 Å². The summed E-state index contributed by atoms with van der Waals surface area (Å²) in [6.45, 7) is 4.47. The van der Waals surface area contributed by atoms with Gasteiger partial charge in [-0.3, -0.25) is 0 Å². The zero-order valence-corrected chi connectivity index (χ0v) is 41.2. The molecular weight excluding hydrogens is 881 g/mol. The number of benzene rings is 11. The second-order valence-electron chi connectivity index (χ2n) is 19.4. The van der Waals surface area contributed by atoms with Crippen molar-refractivity contribution in [3.05, 3.63) is 300 Å². The predicted octanol–water partition coefficient (Wildman–Crippen LogP) is 18.7. The molecule has 73 heavy (non-hydrogen) atoms. The first-order valence-corrected chi connectivity index (χ1v) is 25.8. The van der Waals surface area contributed by atoms with E-state index in [0.717, 1.165) is 29.9 Å². The van der Waals surface area contributed by atoms with Crippen molar-refractivity contribution in [2.45, 2.75) is 32.1 Å². The Kier molecular flexibility index (Phi) is 11.0. The van der Waals surface area contributed by atoms with E-state index in [1.165, 1.54) is 105 Å². The van der Waals surface area contributed by atoms with Crippen molar-refractivity contribution in [2.24, 2.45) is 0 Å². The first-order valence-electron chi connectivity index (χ1n) is 25.8. The molecule has 1 heterocycles. The standard InChI is InChI=1S/C71H54N2/c1-3-49-28-44-69-64(46-49)65-47-50(4-2)29-45-70(65)73(69)59-40-36-54(37-41-59)52-32-30-51(31-33-52)53-34-38-58(39-35-53)72(68-27-17-15-24-61(68)55-18-8-5-9-19-55)60-42-43-63-62-25-14-16-26-66(62)71(67(63)48-60,56-20-10-6-11-21-56)57-22-12-7-13-23-57/h5-48H,3-4H2,1-2H3. The number of para-hydroxylation sites is 1. The lowest BCUT2D eigenvalue weighted by molar-refractivity contribution is 0.768. The second kappa shape index (κ2) is 18.3. The van der Waals surface area contributed by atoms with Gasteiger partial charge in [0.25, 0.3) is 0 Å². The van der Waals surface area contributed by atoms with Crippen molar-refractivity contribution in [1.82, 2.24) is 4.57 Å². The number of nitrogens with zero attached hydrogens (tertiary/aromatic N) is 2. The van der Waals surface area contributed by atoms with Crippen LogP contribution < -0.4 is 4.90 Å². The van der Waals surface area contributed by atoms with Crippen molar-refractivity contribution in [3.63, 3.8) is 0 Å². The fraction of sp³-hybridized carbons (Fsp3) is 0.0704. The topological polar surface area (TPSA) is 8.17 Å². The summed E-state index contributed by atoms with van der Waals surface area (Å²) >= 11 is 0. The molecule has 0 saturated heterocycles. The molecule has 0 saturated carbocycles. The molecule has 0 amide bonds. The van der Waals surface area contributed by atoms with Crippen LogP contribution >= 0.6 is 0 Å². The molecule has 0 fully saturated rings. The van der Waals surface area contributed by atoms with E-state index in [-0.39, 0.29) is 0 Å². The lowest BCUT2D eigenvalue weighted by Crippen LogP contribution is -2.28. The molecule has 1 aliphatic carbocycles. The van der Waals surface area contributed by atoms with E-state index in [1.807, 2.05) is 0 Å². The van der Waals surface area contributed by atoms with Gasteiger partial charge in [0, 0.05) is 33.4 Å². The smallest absolute Gasteiger partial charge is 0.0714 e. The molecule has 0 unspecified atom stereocenters. The Bertz CT molecular complexity index is 3840. The number of anilines is 3. The lowest BCUT2D eigenvalue weighted by Gasteiger charge is -2.35. The predicted molar refractivity (Wildman–Crippen MR) is 308 cm³/mol. The monoisotopic (exact) mass is 934 g/mol. The maximum atomic E-state index is 2.46. The highest BCUT2D eigenvalue weighted by Gasteiger charge is 2.46. The van der Waals surface area contributed by atoms with Gasteiger partial charge in [-0.25, -0.2) is 0 Å². The first-order chi connectivity index (χ1) is 36.1. The van der Waals surface area contributed by atoms with Gasteiger partial charge in [0.2, 0.25) is 0 Å². The van der Waals surface area contributed by atoms with Gasteiger partial charge in [-0.2, -0.15) is 0 Å². The average Bonchev–Trinajstić information content (AvgIpc) is 3.96. The van der Waals surface area contributed by atoms with Crippen LogP contribution in [0.25, 0.3) is 72.0 Å². The summed E-state index contributed by atoms with van der Waals surface area (Å²) in [5, 5.41) is 2.65. The largest absolute Gasteiger partial charge is 0.310 e. The SMILES string of the molecule is CCc1ccc2c(c1)c1cc(CC)ccc1n2-c1ccc(-c2ccc(-c3ccc(N(c4ccc5c(c4)C(c4ccccc4)(c4ccccc4)c4ccccc4-5)c4ccccc4-c4ccccc4)cc3)cc2)cc1. The van der Waals surface area contributed by atoms with E-state index in [0.29, 0.717) is 0 Å². The Morgan fingerprint density at radius 1 is 0.342 bits per heavy atom. The van der Waals surface area contributed by atoms with Crippen LogP contribution in [0, 0.1) is 0 Å². The number of hydrogen-bond donors (Lipinski definition) is 0. The van der Waals surface area contributed by atoms with Crippen molar-refractivity contribution in [2.75, 3.05) is 4.90 Å². The van der Waals surface area contributed by atoms with Crippen molar-refractivity contribution < 1.29 is 0 Å². The molecular formula is C71H54N2. The van der Waals surface area contributed by atoms with E-state index >= 15 is 0 Å². The molecule has 11 aromatic carbocycles. The lowest BCUT2D eigenvalue weighted by atomic mass is 9.67. The summed E-state index contributed by atoms with van der Waals surface area (Å²) < 4.78 is 2.42. The minimum absolute atomic E-state index is 0.517. The Labute approximate surface area is 428 Å². The zero-order chi connectivity index (χ0) is 48.9. The minimum Gasteiger partial charge on any atom is -0.310 e. The van der Waals surface area contributed by atoms with Crippen molar-refractivity contribution >= 4 is 38.9 Å². The minimum atomic E-state index is -0.517. The van der Waals surface area contributed by atoms with Crippen LogP contribution in [-0.4, -0.2) is 4.57 Å². The third-order valence-corrected chi connectivity index (χ3v) is 15.4. The van der Waals surface area contributed by atoms with Crippen molar-refractivity contribution in [3.8, 4) is 50.2 Å². The maximum Gasteiger partial charge on any atom is 0.0714 e. The highest BCUT2D eigenvalue weighted by atomic mass is 15.1. The molecule has 0 spiro atoms. The van der Waals surface area contributed by atoms with Crippen LogP contribution in [0.3, 0.4) is 0 Å². The summed E-state index contributed by atoms with van der Waals surface area (Å²) in [6.07, 6.45) is 2.05. The number of fused-ring (bicyclic) bond motifs is 6. The number of aryl methyl sites for hydroxylation is 2. The Hall–Kier alpha value is -8.98. The Morgan fingerprint density at radius 2 is 0.795 bits per heavy atom. The van der Waals surface area contributed by atoms with E-state index < -0.39 is 5.41 Å². The zero-order valence-electron chi connectivity index (χ0n) is 41.2. The van der Waals surface area contributed by atoms with Gasteiger partial charge in [0.1, 0.15) is 0 Å². The number of rotatable bonds is 11. The first kappa shape index (κ1) is 44.0. The molecule has 348 valence electrons. The number of hydrogen-bond acceptors (Lipinski definition) is 1. The maximum absolute atomic E-state index is 2.46. The van der Waals surface area contributed by atoms with Crippen LogP contribution in [-0.2, 0) is 18.3 Å². The summed E-state index contributed by atoms with van der Waals surface area (Å²) in [6, 6.07) is 99.0. The molecule has 1 aliphatic rings. The molecule has 0 aliphatic heterocycles. The van der Waals surface area contributed by atoms with Gasteiger partial charge in [-0.1, -0.05) is 214 Å². The van der Waals surface area contributed by atoms with Gasteiger partial charge < -0.3 is 9.47 Å². The second-order valence-corrected chi connectivity index (χ2v) is 19.4. The third-order valence-electron chi connectivity index (χ3n) is 15.4. The Morgan fingerprint density at radius 3 is 1.36 bits per heavy atom. The summed E-state index contributed by atoms with van der Waals surface area (Å²) in [7, 11) is 0. The molecule has 2 heteroatoms. The van der Waals surface area contributed by atoms with Gasteiger partial charge in [0.05, 0.1) is 22.1 Å². The molecule has 0 N–H and O–H groups in total.